The zero-order valence-electron chi connectivity index (χ0n) is 13.0. The third kappa shape index (κ3) is 4.53. The number of piperidine rings is 1. The van der Waals surface area contributed by atoms with Crippen LogP contribution in [0.1, 0.15) is 42.1 Å². The number of aryl methyl sites for hydroxylation is 1. The molecule has 0 bridgehead atoms. The van der Waals surface area contributed by atoms with Gasteiger partial charge in [0.2, 0.25) is 0 Å². The Hall–Kier alpha value is -1.42. The van der Waals surface area contributed by atoms with Crippen molar-refractivity contribution in [2.45, 2.75) is 33.1 Å². The summed E-state index contributed by atoms with van der Waals surface area (Å²) in [5.41, 5.74) is 1.25. The van der Waals surface area contributed by atoms with Crippen LogP contribution >= 0.6 is 0 Å². The highest BCUT2D eigenvalue weighted by atomic mass is 19.1. The summed E-state index contributed by atoms with van der Waals surface area (Å²) in [4.78, 5) is 14.5. The molecule has 1 aromatic rings. The maximum Gasteiger partial charge on any atom is 0.253 e. The Morgan fingerprint density at radius 3 is 2.86 bits per heavy atom. The molecule has 1 aliphatic rings. The van der Waals surface area contributed by atoms with Gasteiger partial charge in [-0.2, -0.15) is 0 Å². The van der Waals surface area contributed by atoms with E-state index in [4.69, 9.17) is 0 Å². The van der Waals surface area contributed by atoms with Crippen LogP contribution in [0.5, 0.6) is 0 Å². The maximum atomic E-state index is 13.5. The average Bonchev–Trinajstić information content (AvgIpc) is 2.46. The third-order valence-corrected chi connectivity index (χ3v) is 3.95. The van der Waals surface area contributed by atoms with Gasteiger partial charge in [0.25, 0.3) is 5.91 Å². The number of carbonyl (C=O) groups excluding carboxylic acids is 1. The van der Waals surface area contributed by atoms with E-state index in [1.807, 2.05) is 11.8 Å². The molecule has 0 saturated carbocycles. The first-order valence-electron chi connectivity index (χ1n) is 7.87. The van der Waals surface area contributed by atoms with Gasteiger partial charge in [0.1, 0.15) is 5.82 Å². The van der Waals surface area contributed by atoms with E-state index in [9.17, 15) is 9.18 Å². The first-order valence-corrected chi connectivity index (χ1v) is 7.87. The van der Waals surface area contributed by atoms with Crippen LogP contribution in [0, 0.1) is 18.7 Å². The molecule has 0 spiro atoms. The highest BCUT2D eigenvalue weighted by Gasteiger charge is 2.21. The van der Waals surface area contributed by atoms with Gasteiger partial charge in [-0.25, -0.2) is 4.39 Å². The molecule has 0 radical (unpaired) electrons. The summed E-state index contributed by atoms with van der Waals surface area (Å²) in [6.07, 6.45) is 3.24. The predicted molar refractivity (Wildman–Crippen MR) is 82.9 cm³/mol. The zero-order chi connectivity index (χ0) is 15.2. The van der Waals surface area contributed by atoms with Gasteiger partial charge in [0, 0.05) is 18.7 Å². The molecule has 0 aliphatic carbocycles. The second kappa shape index (κ2) is 7.55. The van der Waals surface area contributed by atoms with Crippen LogP contribution in [-0.2, 0) is 0 Å². The van der Waals surface area contributed by atoms with Gasteiger partial charge in [0.15, 0.2) is 0 Å². The molecule has 116 valence electrons. The molecule has 4 heteroatoms. The van der Waals surface area contributed by atoms with Crippen molar-refractivity contribution in [1.82, 2.24) is 10.2 Å². The minimum atomic E-state index is -0.339. The van der Waals surface area contributed by atoms with Crippen molar-refractivity contribution in [3.63, 3.8) is 0 Å². The number of nitrogens with zero attached hydrogens (tertiary/aromatic N) is 1. The summed E-state index contributed by atoms with van der Waals surface area (Å²) in [6.45, 7) is 7.41. The van der Waals surface area contributed by atoms with Crippen molar-refractivity contribution in [3.05, 3.63) is 35.1 Å². The van der Waals surface area contributed by atoms with Crippen molar-refractivity contribution in [3.8, 4) is 0 Å². The monoisotopic (exact) mass is 292 g/mol. The highest BCUT2D eigenvalue weighted by Crippen LogP contribution is 2.16. The number of rotatable bonds is 5. The van der Waals surface area contributed by atoms with Gasteiger partial charge in [0.05, 0.1) is 0 Å². The van der Waals surface area contributed by atoms with Gasteiger partial charge in [-0.3, -0.25) is 4.79 Å². The molecule has 1 N–H and O–H groups in total. The van der Waals surface area contributed by atoms with Gasteiger partial charge >= 0.3 is 0 Å². The van der Waals surface area contributed by atoms with Crippen LogP contribution in [0.15, 0.2) is 18.2 Å². The van der Waals surface area contributed by atoms with Crippen LogP contribution in [0.25, 0.3) is 0 Å². The molecule has 1 atom stereocenters. The Morgan fingerprint density at radius 2 is 2.24 bits per heavy atom. The molecule has 1 aliphatic heterocycles. The van der Waals surface area contributed by atoms with Gasteiger partial charge in [-0.1, -0.05) is 6.92 Å². The molecular weight excluding hydrogens is 267 g/mol. The summed E-state index contributed by atoms with van der Waals surface area (Å²) in [5.74, 6) is 0.114. The second-order valence-electron chi connectivity index (χ2n) is 5.98. The SMILES string of the molecule is CCCN(CC1CCCNC1)C(=O)c1cc(C)cc(F)c1. The van der Waals surface area contributed by atoms with E-state index in [1.54, 1.807) is 6.07 Å². The van der Waals surface area contributed by atoms with Crippen LogP contribution in [0.2, 0.25) is 0 Å². The zero-order valence-corrected chi connectivity index (χ0v) is 13.0. The molecular formula is C17H25FN2O. The van der Waals surface area contributed by atoms with E-state index in [-0.39, 0.29) is 11.7 Å². The van der Waals surface area contributed by atoms with Gasteiger partial charge in [-0.15, -0.1) is 0 Å². The fraction of sp³-hybridized carbons (Fsp3) is 0.588. The molecule has 1 fully saturated rings. The molecule has 0 aromatic heterocycles. The molecule has 1 heterocycles. The summed E-state index contributed by atoms with van der Waals surface area (Å²) < 4.78 is 13.5. The number of amides is 1. The molecule has 3 nitrogen and oxygen atoms in total. The predicted octanol–water partition coefficient (Wildman–Crippen LogP) is 2.99. The average molecular weight is 292 g/mol. The summed E-state index contributed by atoms with van der Waals surface area (Å²) in [7, 11) is 0. The highest BCUT2D eigenvalue weighted by molar-refractivity contribution is 5.94. The normalized spacial score (nSPS) is 18.5. The fourth-order valence-electron chi connectivity index (χ4n) is 2.98. The Kier molecular flexibility index (Phi) is 5.74. The minimum Gasteiger partial charge on any atom is -0.338 e. The number of benzene rings is 1. The van der Waals surface area contributed by atoms with Crippen molar-refractivity contribution in [2.24, 2.45) is 5.92 Å². The van der Waals surface area contributed by atoms with Crippen LogP contribution < -0.4 is 5.32 Å². The first-order chi connectivity index (χ1) is 10.1. The van der Waals surface area contributed by atoms with Gasteiger partial charge < -0.3 is 10.2 Å². The maximum absolute atomic E-state index is 13.5. The lowest BCUT2D eigenvalue weighted by molar-refractivity contribution is 0.0718. The fourth-order valence-corrected chi connectivity index (χ4v) is 2.98. The van der Waals surface area contributed by atoms with Crippen LogP contribution in [0.3, 0.4) is 0 Å². The van der Waals surface area contributed by atoms with Crippen molar-refractivity contribution in [1.29, 1.82) is 0 Å². The molecule has 1 unspecified atom stereocenters. The number of carbonyl (C=O) groups is 1. The number of nitrogens with one attached hydrogen (secondary N) is 1. The summed E-state index contributed by atoms with van der Waals surface area (Å²) in [6, 6.07) is 4.57. The topological polar surface area (TPSA) is 32.3 Å². The molecule has 21 heavy (non-hydrogen) atoms. The number of halogens is 1. The van der Waals surface area contributed by atoms with E-state index >= 15 is 0 Å². The van der Waals surface area contributed by atoms with Crippen molar-refractivity contribution < 1.29 is 9.18 Å². The molecule has 1 saturated heterocycles. The smallest absolute Gasteiger partial charge is 0.253 e. The van der Waals surface area contributed by atoms with E-state index in [2.05, 4.69) is 12.2 Å². The lowest BCUT2D eigenvalue weighted by Crippen LogP contribution is -2.41. The summed E-state index contributed by atoms with van der Waals surface area (Å²) >= 11 is 0. The van der Waals surface area contributed by atoms with Crippen molar-refractivity contribution in [2.75, 3.05) is 26.2 Å². The second-order valence-corrected chi connectivity index (χ2v) is 5.98. The van der Waals surface area contributed by atoms with E-state index < -0.39 is 0 Å². The largest absolute Gasteiger partial charge is 0.338 e. The van der Waals surface area contributed by atoms with E-state index in [0.29, 0.717) is 11.5 Å². The van der Waals surface area contributed by atoms with Gasteiger partial charge in [-0.05, 0) is 69.0 Å². The van der Waals surface area contributed by atoms with Crippen LogP contribution in [0.4, 0.5) is 4.39 Å². The molecule has 1 amide bonds. The lowest BCUT2D eigenvalue weighted by Gasteiger charge is -2.30. The van der Waals surface area contributed by atoms with Crippen LogP contribution in [-0.4, -0.2) is 37.0 Å². The van der Waals surface area contributed by atoms with E-state index in [0.717, 1.165) is 51.0 Å². The number of hydrogen-bond acceptors (Lipinski definition) is 2. The summed E-state index contributed by atoms with van der Waals surface area (Å²) in [5, 5.41) is 3.38. The minimum absolute atomic E-state index is 0.0509. The Morgan fingerprint density at radius 1 is 1.43 bits per heavy atom. The van der Waals surface area contributed by atoms with E-state index in [1.165, 1.54) is 12.1 Å². The Balaban J connectivity index is 2.10. The number of hydrogen-bond donors (Lipinski definition) is 1. The standard InChI is InChI=1S/C17H25FN2O/c1-3-7-20(12-14-5-4-6-19-11-14)17(21)15-8-13(2)9-16(18)10-15/h8-10,14,19H,3-7,11-12H2,1-2H3. The third-order valence-electron chi connectivity index (χ3n) is 3.95. The lowest BCUT2D eigenvalue weighted by atomic mass is 9.98. The first kappa shape index (κ1) is 16.0. The molecule has 2 rings (SSSR count). The Labute approximate surface area is 126 Å². The molecule has 1 aromatic carbocycles. The van der Waals surface area contributed by atoms with Crippen molar-refractivity contribution >= 4 is 5.91 Å². The Bertz CT molecular complexity index is 463. The quantitative estimate of drug-likeness (QED) is 0.905.